The molecule has 0 aliphatic heterocycles. The number of anilines is 2. The maximum absolute atomic E-state index is 13.5. The van der Waals surface area contributed by atoms with Crippen molar-refractivity contribution in [2.45, 2.75) is 17.1 Å². The second-order valence-electron chi connectivity index (χ2n) is 8.46. The fraction of sp³-hybridized carbons (Fsp3) is 0.0968. The number of nitrogens with one attached hydrogen (secondary N) is 2. The Bertz CT molecular complexity index is 1430. The molecule has 2 N–H and O–H groups in total. The highest BCUT2D eigenvalue weighted by atomic mass is 35.5. The first-order valence-electron chi connectivity index (χ1n) is 11.9. The van der Waals surface area contributed by atoms with Crippen molar-refractivity contribution in [3.05, 3.63) is 125 Å². The zero-order chi connectivity index (χ0) is 26.9. The van der Waals surface area contributed by atoms with E-state index in [0.29, 0.717) is 22.1 Å². The van der Waals surface area contributed by atoms with Gasteiger partial charge in [-0.2, -0.15) is 0 Å². The largest absolute Gasteiger partial charge is 0.495 e. The van der Waals surface area contributed by atoms with Gasteiger partial charge in [-0.05, 0) is 60.0 Å². The number of thioether (sulfide) groups is 1. The van der Waals surface area contributed by atoms with Crippen molar-refractivity contribution in [1.29, 1.82) is 0 Å². The van der Waals surface area contributed by atoms with Crippen LogP contribution in [0.5, 0.6) is 5.75 Å². The normalized spacial score (nSPS) is 11.7. The van der Waals surface area contributed by atoms with Crippen molar-refractivity contribution in [2.24, 2.45) is 0 Å². The van der Waals surface area contributed by atoms with E-state index < -0.39 is 5.25 Å². The molecule has 4 aromatic carbocycles. The predicted molar refractivity (Wildman–Crippen MR) is 157 cm³/mol. The summed E-state index contributed by atoms with van der Waals surface area (Å²) in [5, 5.41) is 5.91. The smallest absolute Gasteiger partial charge is 0.248 e. The second-order valence-corrected chi connectivity index (χ2v) is 10.0. The topological polar surface area (TPSA) is 67.4 Å². The molecule has 38 heavy (non-hydrogen) atoms. The summed E-state index contributed by atoms with van der Waals surface area (Å²) in [6.07, 6.45) is 3.26. The molecule has 2 amide bonds. The Morgan fingerprint density at radius 2 is 1.55 bits per heavy atom. The number of benzene rings is 4. The highest BCUT2D eigenvalue weighted by molar-refractivity contribution is 8.00. The van der Waals surface area contributed by atoms with E-state index in [1.807, 2.05) is 91.9 Å². The van der Waals surface area contributed by atoms with Crippen LogP contribution in [0.1, 0.15) is 21.9 Å². The highest BCUT2D eigenvalue weighted by Gasteiger charge is 2.23. The van der Waals surface area contributed by atoms with Crippen LogP contribution in [0, 0.1) is 6.92 Å². The highest BCUT2D eigenvalue weighted by Crippen LogP contribution is 2.38. The van der Waals surface area contributed by atoms with Crippen LogP contribution in [-0.4, -0.2) is 18.9 Å². The third kappa shape index (κ3) is 7.28. The molecule has 192 valence electrons. The Hall–Kier alpha value is -4.00. The minimum absolute atomic E-state index is 0.190. The molecular weight excluding hydrogens is 516 g/mol. The fourth-order valence-electron chi connectivity index (χ4n) is 3.70. The Morgan fingerprint density at radius 3 is 2.21 bits per heavy atom. The Labute approximate surface area is 231 Å². The predicted octanol–water partition coefficient (Wildman–Crippen LogP) is 7.78. The molecule has 0 aliphatic rings. The lowest BCUT2D eigenvalue weighted by Gasteiger charge is -2.19. The number of methoxy groups -OCH3 is 1. The van der Waals surface area contributed by atoms with Crippen LogP contribution in [0.25, 0.3) is 6.08 Å². The van der Waals surface area contributed by atoms with Crippen LogP contribution in [0.15, 0.2) is 108 Å². The van der Waals surface area contributed by atoms with Crippen molar-refractivity contribution >= 4 is 52.6 Å². The number of carbonyl (C=O) groups is 2. The number of halogens is 1. The monoisotopic (exact) mass is 542 g/mol. The molecule has 0 bridgehead atoms. The second kappa shape index (κ2) is 13.0. The Balaban J connectivity index is 1.48. The van der Waals surface area contributed by atoms with E-state index in [0.717, 1.165) is 21.6 Å². The number of carbonyl (C=O) groups excluding carboxylic acids is 2. The summed E-state index contributed by atoms with van der Waals surface area (Å²) >= 11 is 7.65. The van der Waals surface area contributed by atoms with Gasteiger partial charge in [-0.3, -0.25) is 9.59 Å². The lowest BCUT2D eigenvalue weighted by atomic mass is 10.1. The van der Waals surface area contributed by atoms with E-state index in [9.17, 15) is 9.59 Å². The molecule has 0 aliphatic carbocycles. The van der Waals surface area contributed by atoms with Crippen LogP contribution in [-0.2, 0) is 9.59 Å². The molecule has 0 radical (unpaired) electrons. The van der Waals surface area contributed by atoms with Gasteiger partial charge in [0.15, 0.2) is 0 Å². The first-order chi connectivity index (χ1) is 18.4. The zero-order valence-corrected chi connectivity index (χ0v) is 22.6. The summed E-state index contributed by atoms with van der Waals surface area (Å²) in [5.41, 5.74) is 3.87. The van der Waals surface area contributed by atoms with E-state index in [-0.39, 0.29) is 11.8 Å². The lowest BCUT2D eigenvalue weighted by molar-refractivity contribution is -0.116. The molecule has 4 rings (SSSR count). The standard InChI is InChI=1S/C31H27ClN2O3S/c1-21-19-27(28(37-2)20-26(21)32)34-31(36)30(23-11-7-4-8-12-23)38-25-16-14-24(15-17-25)33-29(35)18-13-22-9-5-3-6-10-22/h3-20,30H,1-2H3,(H,33,35)(H,34,36)/b18-13+. The van der Waals surface area contributed by atoms with Gasteiger partial charge >= 0.3 is 0 Å². The van der Waals surface area contributed by atoms with E-state index in [1.165, 1.54) is 24.9 Å². The van der Waals surface area contributed by atoms with Crippen LogP contribution < -0.4 is 15.4 Å². The van der Waals surface area contributed by atoms with E-state index in [2.05, 4.69) is 10.6 Å². The number of hydrogen-bond acceptors (Lipinski definition) is 4. The lowest BCUT2D eigenvalue weighted by Crippen LogP contribution is -2.19. The molecule has 0 saturated carbocycles. The molecule has 5 nitrogen and oxygen atoms in total. The molecular formula is C31H27ClN2O3S. The van der Waals surface area contributed by atoms with Crippen molar-refractivity contribution in [1.82, 2.24) is 0 Å². The Kier molecular flexibility index (Phi) is 9.25. The van der Waals surface area contributed by atoms with Crippen LogP contribution in [0.4, 0.5) is 11.4 Å². The number of aryl methyl sites for hydroxylation is 1. The SMILES string of the molecule is COc1cc(Cl)c(C)cc1NC(=O)C(Sc1ccc(NC(=O)/C=C/c2ccccc2)cc1)c1ccccc1. The van der Waals surface area contributed by atoms with Gasteiger partial charge in [0.2, 0.25) is 11.8 Å². The summed E-state index contributed by atoms with van der Waals surface area (Å²) in [5.74, 6) is 0.0832. The average molecular weight is 543 g/mol. The van der Waals surface area contributed by atoms with Gasteiger partial charge in [0.1, 0.15) is 11.0 Å². The summed E-state index contributed by atoms with van der Waals surface area (Å²) in [6, 6.07) is 30.1. The van der Waals surface area contributed by atoms with E-state index in [1.54, 1.807) is 18.2 Å². The van der Waals surface area contributed by atoms with Gasteiger partial charge in [-0.1, -0.05) is 72.3 Å². The minimum atomic E-state index is -0.522. The van der Waals surface area contributed by atoms with Gasteiger partial charge < -0.3 is 15.4 Å². The molecule has 0 saturated heterocycles. The molecule has 1 atom stereocenters. The number of ether oxygens (including phenoxy) is 1. The van der Waals surface area contributed by atoms with Crippen LogP contribution >= 0.6 is 23.4 Å². The maximum atomic E-state index is 13.5. The third-order valence-corrected chi connectivity index (χ3v) is 7.36. The number of amides is 2. The van der Waals surface area contributed by atoms with Gasteiger partial charge in [0.05, 0.1) is 12.8 Å². The molecule has 0 fully saturated rings. The van der Waals surface area contributed by atoms with Crippen molar-refractivity contribution < 1.29 is 14.3 Å². The molecule has 7 heteroatoms. The van der Waals surface area contributed by atoms with Gasteiger partial charge in [-0.15, -0.1) is 11.8 Å². The summed E-state index contributed by atoms with van der Waals surface area (Å²) < 4.78 is 5.43. The van der Waals surface area contributed by atoms with Crippen molar-refractivity contribution in [3.63, 3.8) is 0 Å². The molecule has 0 spiro atoms. The first-order valence-corrected chi connectivity index (χ1v) is 13.2. The van der Waals surface area contributed by atoms with Crippen LogP contribution in [0.3, 0.4) is 0 Å². The Morgan fingerprint density at radius 1 is 0.895 bits per heavy atom. The molecule has 4 aromatic rings. The summed E-state index contributed by atoms with van der Waals surface area (Å²) in [4.78, 5) is 26.7. The summed E-state index contributed by atoms with van der Waals surface area (Å²) in [7, 11) is 1.54. The van der Waals surface area contributed by atoms with Gasteiger partial charge in [0, 0.05) is 27.7 Å². The third-order valence-electron chi connectivity index (χ3n) is 5.68. The number of rotatable bonds is 9. The van der Waals surface area contributed by atoms with Gasteiger partial charge in [-0.25, -0.2) is 0 Å². The van der Waals surface area contributed by atoms with E-state index >= 15 is 0 Å². The van der Waals surface area contributed by atoms with Crippen LogP contribution in [0.2, 0.25) is 5.02 Å². The van der Waals surface area contributed by atoms with Gasteiger partial charge in [0.25, 0.3) is 0 Å². The number of hydrogen-bond donors (Lipinski definition) is 2. The minimum Gasteiger partial charge on any atom is -0.495 e. The average Bonchev–Trinajstić information content (AvgIpc) is 2.94. The first kappa shape index (κ1) is 27.0. The maximum Gasteiger partial charge on any atom is 0.248 e. The quantitative estimate of drug-likeness (QED) is 0.167. The fourth-order valence-corrected chi connectivity index (χ4v) is 4.88. The zero-order valence-electron chi connectivity index (χ0n) is 21.0. The van der Waals surface area contributed by atoms with E-state index in [4.69, 9.17) is 16.3 Å². The summed E-state index contributed by atoms with van der Waals surface area (Å²) in [6.45, 7) is 1.87. The van der Waals surface area contributed by atoms with Crippen molar-refractivity contribution in [3.8, 4) is 5.75 Å². The molecule has 0 aromatic heterocycles. The molecule has 1 unspecified atom stereocenters. The molecule has 0 heterocycles. The van der Waals surface area contributed by atoms with Crippen molar-refractivity contribution in [2.75, 3.05) is 17.7 Å².